The highest BCUT2D eigenvalue weighted by Crippen LogP contribution is 2.22. The topological polar surface area (TPSA) is 38.3 Å². The molecule has 116 valence electrons. The molecule has 0 aliphatic heterocycles. The van der Waals surface area contributed by atoms with Crippen molar-refractivity contribution in [1.82, 2.24) is 0 Å². The van der Waals surface area contributed by atoms with E-state index in [4.69, 9.17) is 16.3 Å². The Balaban J connectivity index is 2.12. The lowest BCUT2D eigenvalue weighted by Crippen LogP contribution is -2.32. The summed E-state index contributed by atoms with van der Waals surface area (Å²) in [5.74, 6) is 0.441. The number of anilines is 1. The molecule has 0 fully saturated rings. The van der Waals surface area contributed by atoms with Gasteiger partial charge in [-0.25, -0.2) is 0 Å². The average molecular weight is 318 g/mol. The molecule has 0 heterocycles. The van der Waals surface area contributed by atoms with Gasteiger partial charge in [0.05, 0.1) is 0 Å². The number of carbonyl (C=O) groups is 1. The second kappa shape index (κ2) is 7.32. The summed E-state index contributed by atoms with van der Waals surface area (Å²) >= 11 is 5.94. The highest BCUT2D eigenvalue weighted by molar-refractivity contribution is 6.30. The Bertz CT molecular complexity index is 650. The lowest BCUT2D eigenvalue weighted by atomic mass is 10.1. The van der Waals surface area contributed by atoms with Crippen LogP contribution in [-0.2, 0) is 4.79 Å². The Kier molecular flexibility index (Phi) is 5.45. The number of hydrogen-bond acceptors (Lipinski definition) is 2. The van der Waals surface area contributed by atoms with Crippen LogP contribution < -0.4 is 10.1 Å². The molecule has 22 heavy (non-hydrogen) atoms. The van der Waals surface area contributed by atoms with E-state index in [9.17, 15) is 4.79 Å². The van der Waals surface area contributed by atoms with Crippen molar-refractivity contribution < 1.29 is 9.53 Å². The normalized spacial score (nSPS) is 11.8. The van der Waals surface area contributed by atoms with Gasteiger partial charge in [-0.2, -0.15) is 0 Å². The van der Waals surface area contributed by atoms with E-state index in [1.54, 1.807) is 24.3 Å². The predicted octanol–water partition coefficient (Wildman–Crippen LogP) is 4.75. The van der Waals surface area contributed by atoms with Crippen molar-refractivity contribution in [2.45, 2.75) is 33.3 Å². The van der Waals surface area contributed by atoms with Crippen LogP contribution in [0.1, 0.15) is 24.5 Å². The van der Waals surface area contributed by atoms with Crippen molar-refractivity contribution >= 4 is 23.2 Å². The number of amides is 1. The molecule has 0 saturated carbocycles. The smallest absolute Gasteiger partial charge is 0.265 e. The minimum atomic E-state index is -0.558. The summed E-state index contributed by atoms with van der Waals surface area (Å²) < 4.78 is 5.76. The molecule has 2 aromatic rings. The molecule has 0 saturated heterocycles. The zero-order valence-corrected chi connectivity index (χ0v) is 13.8. The van der Waals surface area contributed by atoms with E-state index in [-0.39, 0.29) is 5.91 Å². The lowest BCUT2D eigenvalue weighted by molar-refractivity contribution is -0.122. The van der Waals surface area contributed by atoms with Crippen LogP contribution in [0, 0.1) is 13.8 Å². The number of carbonyl (C=O) groups excluding carboxylic acids is 1. The highest BCUT2D eigenvalue weighted by atomic mass is 35.5. The molecule has 2 aromatic carbocycles. The minimum absolute atomic E-state index is 0.153. The number of hydrogen-bond donors (Lipinski definition) is 1. The number of nitrogens with one attached hydrogen (secondary N) is 1. The molecule has 0 unspecified atom stereocenters. The van der Waals surface area contributed by atoms with E-state index >= 15 is 0 Å². The Morgan fingerprint density at radius 2 is 1.82 bits per heavy atom. The number of aryl methyl sites for hydroxylation is 2. The zero-order chi connectivity index (χ0) is 16.1. The maximum atomic E-state index is 12.5. The first-order valence-corrected chi connectivity index (χ1v) is 7.68. The third kappa shape index (κ3) is 4.01. The Labute approximate surface area is 136 Å². The summed E-state index contributed by atoms with van der Waals surface area (Å²) in [6.07, 6.45) is 0.0148. The van der Waals surface area contributed by atoms with Crippen LogP contribution >= 0.6 is 11.6 Å². The molecule has 2 rings (SSSR count). The molecule has 0 aliphatic carbocycles. The van der Waals surface area contributed by atoms with Crippen LogP contribution in [0.2, 0.25) is 5.02 Å². The molecule has 1 atom stereocenters. The van der Waals surface area contributed by atoms with E-state index in [1.165, 1.54) is 0 Å². The zero-order valence-electron chi connectivity index (χ0n) is 13.0. The van der Waals surface area contributed by atoms with Gasteiger partial charge >= 0.3 is 0 Å². The number of halogens is 1. The van der Waals surface area contributed by atoms with Crippen LogP contribution in [0.5, 0.6) is 5.75 Å². The first-order chi connectivity index (χ1) is 10.5. The Morgan fingerprint density at radius 3 is 2.41 bits per heavy atom. The van der Waals surface area contributed by atoms with Crippen LogP contribution in [0.15, 0.2) is 42.5 Å². The first kappa shape index (κ1) is 16.4. The summed E-state index contributed by atoms with van der Waals surface area (Å²) in [5, 5.41) is 3.55. The minimum Gasteiger partial charge on any atom is -0.481 e. The van der Waals surface area contributed by atoms with Crippen molar-refractivity contribution in [2.75, 3.05) is 5.32 Å². The molecule has 0 aromatic heterocycles. The summed E-state index contributed by atoms with van der Waals surface area (Å²) in [6, 6.07) is 13.0. The van der Waals surface area contributed by atoms with Gasteiger partial charge in [0, 0.05) is 10.7 Å². The van der Waals surface area contributed by atoms with Crippen molar-refractivity contribution in [3.05, 3.63) is 58.6 Å². The number of benzene rings is 2. The van der Waals surface area contributed by atoms with Gasteiger partial charge in [0.1, 0.15) is 5.75 Å². The van der Waals surface area contributed by atoms with Gasteiger partial charge in [0.2, 0.25) is 0 Å². The SMILES string of the molecule is CC[C@@H](Oc1cccc(Cl)c1)C(=O)Nc1c(C)cccc1C. The van der Waals surface area contributed by atoms with E-state index in [1.807, 2.05) is 39.0 Å². The van der Waals surface area contributed by atoms with Crippen molar-refractivity contribution in [3.8, 4) is 5.75 Å². The van der Waals surface area contributed by atoms with Gasteiger partial charge in [-0.3, -0.25) is 4.79 Å². The highest BCUT2D eigenvalue weighted by Gasteiger charge is 2.19. The van der Waals surface area contributed by atoms with Gasteiger partial charge in [-0.05, 0) is 49.6 Å². The number of ether oxygens (including phenoxy) is 1. The van der Waals surface area contributed by atoms with Crippen molar-refractivity contribution in [2.24, 2.45) is 0 Å². The quantitative estimate of drug-likeness (QED) is 0.864. The molecule has 0 aliphatic rings. The molecule has 1 amide bonds. The predicted molar refractivity (Wildman–Crippen MR) is 90.7 cm³/mol. The van der Waals surface area contributed by atoms with E-state index in [0.717, 1.165) is 16.8 Å². The summed E-state index contributed by atoms with van der Waals surface area (Å²) in [5.41, 5.74) is 2.91. The van der Waals surface area contributed by atoms with Crippen LogP contribution in [0.4, 0.5) is 5.69 Å². The number of rotatable bonds is 5. The molecule has 0 spiro atoms. The van der Waals surface area contributed by atoms with Crippen molar-refractivity contribution in [3.63, 3.8) is 0 Å². The fourth-order valence-corrected chi connectivity index (χ4v) is 2.42. The van der Waals surface area contributed by atoms with E-state index in [2.05, 4.69) is 5.32 Å². The van der Waals surface area contributed by atoms with Crippen LogP contribution in [-0.4, -0.2) is 12.0 Å². The van der Waals surface area contributed by atoms with E-state index in [0.29, 0.717) is 17.2 Å². The molecule has 0 radical (unpaired) electrons. The fraction of sp³-hybridized carbons (Fsp3) is 0.278. The van der Waals surface area contributed by atoms with E-state index < -0.39 is 6.10 Å². The van der Waals surface area contributed by atoms with Gasteiger partial charge in [0.25, 0.3) is 5.91 Å². The summed E-state index contributed by atoms with van der Waals surface area (Å²) in [4.78, 5) is 12.5. The lowest BCUT2D eigenvalue weighted by Gasteiger charge is -2.19. The third-order valence-electron chi connectivity index (χ3n) is 3.47. The largest absolute Gasteiger partial charge is 0.481 e. The van der Waals surface area contributed by atoms with Crippen LogP contribution in [0.3, 0.4) is 0 Å². The maximum absolute atomic E-state index is 12.5. The summed E-state index contributed by atoms with van der Waals surface area (Å²) in [7, 11) is 0. The molecule has 3 nitrogen and oxygen atoms in total. The number of para-hydroxylation sites is 1. The first-order valence-electron chi connectivity index (χ1n) is 7.30. The molecular formula is C18H20ClNO2. The van der Waals surface area contributed by atoms with Gasteiger partial charge in [0.15, 0.2) is 6.10 Å². The Morgan fingerprint density at radius 1 is 1.18 bits per heavy atom. The fourth-order valence-electron chi connectivity index (χ4n) is 2.24. The maximum Gasteiger partial charge on any atom is 0.265 e. The summed E-state index contributed by atoms with van der Waals surface area (Å²) in [6.45, 7) is 5.86. The molecular weight excluding hydrogens is 298 g/mol. The Hall–Kier alpha value is -2.00. The van der Waals surface area contributed by atoms with Gasteiger partial charge < -0.3 is 10.1 Å². The van der Waals surface area contributed by atoms with Gasteiger partial charge in [-0.15, -0.1) is 0 Å². The van der Waals surface area contributed by atoms with Crippen molar-refractivity contribution in [1.29, 1.82) is 0 Å². The third-order valence-corrected chi connectivity index (χ3v) is 3.70. The second-order valence-electron chi connectivity index (χ2n) is 5.23. The second-order valence-corrected chi connectivity index (χ2v) is 5.66. The standard InChI is InChI=1S/C18H20ClNO2/c1-4-16(22-15-10-6-9-14(19)11-15)18(21)20-17-12(2)7-5-8-13(17)3/h5-11,16H,4H2,1-3H3,(H,20,21)/t16-/m1/s1. The molecule has 1 N–H and O–H groups in total. The monoisotopic (exact) mass is 317 g/mol. The average Bonchev–Trinajstić information content (AvgIpc) is 2.48. The van der Waals surface area contributed by atoms with Gasteiger partial charge in [-0.1, -0.05) is 42.8 Å². The van der Waals surface area contributed by atoms with Crippen LogP contribution in [0.25, 0.3) is 0 Å². The molecule has 0 bridgehead atoms. The molecule has 4 heteroatoms.